The van der Waals surface area contributed by atoms with Gasteiger partial charge in [-0.05, 0) is 30.3 Å². The molecule has 0 amide bonds. The predicted molar refractivity (Wildman–Crippen MR) is 67.0 cm³/mol. The summed E-state index contributed by atoms with van der Waals surface area (Å²) in [6.45, 7) is 0. The minimum Gasteiger partial charge on any atom is -0.464 e. The van der Waals surface area contributed by atoms with Gasteiger partial charge in [0.25, 0.3) is 0 Å². The first-order valence-corrected chi connectivity index (χ1v) is 5.56. The molecule has 2 aromatic rings. The van der Waals surface area contributed by atoms with E-state index in [9.17, 15) is 9.59 Å². The Morgan fingerprint density at radius 3 is 2.44 bits per heavy atom. The Morgan fingerprint density at radius 2 is 1.83 bits per heavy atom. The Balaban J connectivity index is 2.26. The minimum atomic E-state index is -0.509. The maximum atomic E-state index is 12.1. The van der Waals surface area contributed by atoms with E-state index in [1.165, 1.54) is 19.4 Å². The number of benzene rings is 1. The number of hydrogen-bond donors (Lipinski definition) is 1. The van der Waals surface area contributed by atoms with Crippen molar-refractivity contribution in [3.63, 3.8) is 0 Å². The topological polar surface area (TPSA) is 59.2 Å². The third-order valence-electron chi connectivity index (χ3n) is 2.46. The predicted octanol–water partition coefficient (Wildman–Crippen LogP) is 2.69. The second kappa shape index (κ2) is 5.06. The number of H-pyrrole nitrogens is 1. The summed E-state index contributed by atoms with van der Waals surface area (Å²) in [5, 5.41) is 0.566. The van der Waals surface area contributed by atoms with Gasteiger partial charge in [-0.1, -0.05) is 11.6 Å². The quantitative estimate of drug-likeness (QED) is 0.684. The van der Waals surface area contributed by atoms with Crippen LogP contribution >= 0.6 is 11.6 Å². The van der Waals surface area contributed by atoms with Gasteiger partial charge in [0, 0.05) is 22.3 Å². The number of ketones is 1. The van der Waals surface area contributed by atoms with Gasteiger partial charge in [-0.25, -0.2) is 4.79 Å². The zero-order valence-corrected chi connectivity index (χ0v) is 10.3. The summed E-state index contributed by atoms with van der Waals surface area (Å²) >= 11 is 5.75. The van der Waals surface area contributed by atoms with Crippen molar-refractivity contribution in [1.82, 2.24) is 4.98 Å². The van der Waals surface area contributed by atoms with Crippen molar-refractivity contribution in [2.24, 2.45) is 0 Å². The van der Waals surface area contributed by atoms with Crippen LogP contribution in [0.15, 0.2) is 36.5 Å². The molecule has 1 N–H and O–H groups in total. The Hall–Kier alpha value is -2.07. The molecule has 5 heteroatoms. The highest BCUT2D eigenvalue weighted by Gasteiger charge is 2.14. The van der Waals surface area contributed by atoms with Crippen LogP contribution in [0.1, 0.15) is 26.4 Å². The van der Waals surface area contributed by atoms with Gasteiger partial charge in [-0.3, -0.25) is 4.79 Å². The molecule has 0 spiro atoms. The molecular weight excluding hydrogens is 254 g/mol. The van der Waals surface area contributed by atoms with Crippen LogP contribution in [0.4, 0.5) is 0 Å². The summed E-state index contributed by atoms with van der Waals surface area (Å²) in [4.78, 5) is 26.0. The monoisotopic (exact) mass is 263 g/mol. The molecule has 1 heterocycles. The Kier molecular flexibility index (Phi) is 3.48. The number of nitrogens with one attached hydrogen (secondary N) is 1. The second-order valence-electron chi connectivity index (χ2n) is 3.63. The first-order valence-electron chi connectivity index (χ1n) is 5.19. The summed E-state index contributed by atoms with van der Waals surface area (Å²) in [5.41, 5.74) is 1.15. The van der Waals surface area contributed by atoms with Gasteiger partial charge in [0.05, 0.1) is 7.11 Å². The molecule has 0 aliphatic carbocycles. The highest BCUT2D eigenvalue weighted by molar-refractivity contribution is 6.30. The van der Waals surface area contributed by atoms with Gasteiger partial charge >= 0.3 is 5.97 Å². The smallest absolute Gasteiger partial charge is 0.354 e. The number of halogens is 1. The Labute approximate surface area is 109 Å². The van der Waals surface area contributed by atoms with Crippen molar-refractivity contribution < 1.29 is 14.3 Å². The molecule has 18 heavy (non-hydrogen) atoms. The van der Waals surface area contributed by atoms with Gasteiger partial charge in [-0.15, -0.1) is 0 Å². The van der Waals surface area contributed by atoms with Crippen molar-refractivity contribution in [3.05, 3.63) is 58.4 Å². The van der Waals surface area contributed by atoms with Crippen LogP contribution in [-0.2, 0) is 4.74 Å². The van der Waals surface area contributed by atoms with Crippen LogP contribution in [0.5, 0.6) is 0 Å². The highest BCUT2D eigenvalue weighted by atomic mass is 35.5. The lowest BCUT2D eigenvalue weighted by Crippen LogP contribution is -2.01. The average Bonchev–Trinajstić information content (AvgIpc) is 2.87. The molecule has 1 aromatic carbocycles. The maximum absolute atomic E-state index is 12.1. The summed E-state index contributed by atoms with van der Waals surface area (Å²) in [6.07, 6.45) is 1.48. The van der Waals surface area contributed by atoms with E-state index < -0.39 is 5.97 Å². The molecular formula is C13H10ClNO3. The first kappa shape index (κ1) is 12.4. The molecule has 1 aromatic heterocycles. The average molecular weight is 264 g/mol. The molecule has 0 saturated carbocycles. The lowest BCUT2D eigenvalue weighted by atomic mass is 10.1. The van der Waals surface area contributed by atoms with E-state index in [1.807, 2.05) is 0 Å². The minimum absolute atomic E-state index is 0.182. The molecule has 0 bridgehead atoms. The highest BCUT2D eigenvalue weighted by Crippen LogP contribution is 2.14. The number of rotatable bonds is 3. The van der Waals surface area contributed by atoms with E-state index >= 15 is 0 Å². The molecule has 0 aliphatic rings. The largest absolute Gasteiger partial charge is 0.464 e. The number of carbonyl (C=O) groups excluding carboxylic acids is 2. The van der Waals surface area contributed by atoms with Crippen LogP contribution in [0.2, 0.25) is 5.02 Å². The van der Waals surface area contributed by atoms with E-state index in [4.69, 9.17) is 11.6 Å². The van der Waals surface area contributed by atoms with Gasteiger partial charge < -0.3 is 9.72 Å². The van der Waals surface area contributed by atoms with Crippen molar-refractivity contribution in [2.45, 2.75) is 0 Å². The fourth-order valence-corrected chi connectivity index (χ4v) is 1.65. The molecule has 0 aliphatic heterocycles. The van der Waals surface area contributed by atoms with Crippen molar-refractivity contribution in [2.75, 3.05) is 7.11 Å². The summed E-state index contributed by atoms with van der Waals surface area (Å²) in [5.74, 6) is -0.691. The SMILES string of the molecule is COC(=O)c1cc(C(=O)c2ccc(Cl)cc2)c[nH]1. The molecule has 4 nitrogen and oxygen atoms in total. The van der Waals surface area contributed by atoms with Crippen molar-refractivity contribution in [3.8, 4) is 0 Å². The van der Waals surface area contributed by atoms with Crippen LogP contribution < -0.4 is 0 Å². The third kappa shape index (κ3) is 2.43. The molecule has 0 fully saturated rings. The summed E-state index contributed by atoms with van der Waals surface area (Å²) in [7, 11) is 1.28. The van der Waals surface area contributed by atoms with E-state index in [0.717, 1.165) is 0 Å². The van der Waals surface area contributed by atoms with Crippen molar-refractivity contribution in [1.29, 1.82) is 0 Å². The fraction of sp³-hybridized carbons (Fsp3) is 0.0769. The van der Waals surface area contributed by atoms with E-state index in [0.29, 0.717) is 16.1 Å². The van der Waals surface area contributed by atoms with Crippen LogP contribution in [-0.4, -0.2) is 23.8 Å². The second-order valence-corrected chi connectivity index (χ2v) is 4.07. The van der Waals surface area contributed by atoms with Crippen LogP contribution in [0.3, 0.4) is 0 Å². The Bertz CT molecular complexity index is 587. The van der Waals surface area contributed by atoms with Gasteiger partial charge in [0.15, 0.2) is 5.78 Å². The maximum Gasteiger partial charge on any atom is 0.354 e. The molecule has 0 atom stereocenters. The number of hydrogen-bond acceptors (Lipinski definition) is 3. The lowest BCUT2D eigenvalue weighted by molar-refractivity contribution is 0.0595. The van der Waals surface area contributed by atoms with Gasteiger partial charge in [0.2, 0.25) is 0 Å². The van der Waals surface area contributed by atoms with E-state index in [-0.39, 0.29) is 11.5 Å². The molecule has 92 valence electrons. The van der Waals surface area contributed by atoms with Crippen molar-refractivity contribution >= 4 is 23.4 Å². The van der Waals surface area contributed by atoms with Gasteiger partial charge in [0.1, 0.15) is 5.69 Å². The zero-order chi connectivity index (χ0) is 13.1. The standard InChI is InChI=1S/C13H10ClNO3/c1-18-13(17)11-6-9(7-15-11)12(16)8-2-4-10(14)5-3-8/h2-7,15H,1H3. The van der Waals surface area contributed by atoms with E-state index in [2.05, 4.69) is 9.72 Å². The Morgan fingerprint density at radius 1 is 1.17 bits per heavy atom. The number of aromatic nitrogens is 1. The fourth-order valence-electron chi connectivity index (χ4n) is 1.52. The number of carbonyl (C=O) groups is 2. The lowest BCUT2D eigenvalue weighted by Gasteiger charge is -1.97. The van der Waals surface area contributed by atoms with Crippen LogP contribution in [0, 0.1) is 0 Å². The summed E-state index contributed by atoms with van der Waals surface area (Å²) < 4.78 is 4.55. The molecule has 0 radical (unpaired) electrons. The molecule has 0 saturated heterocycles. The third-order valence-corrected chi connectivity index (χ3v) is 2.71. The molecule has 0 unspecified atom stereocenters. The number of ether oxygens (including phenoxy) is 1. The van der Waals surface area contributed by atoms with Crippen LogP contribution in [0.25, 0.3) is 0 Å². The molecule has 2 rings (SSSR count). The van der Waals surface area contributed by atoms with E-state index in [1.54, 1.807) is 24.3 Å². The van der Waals surface area contributed by atoms with Gasteiger partial charge in [-0.2, -0.15) is 0 Å². The summed E-state index contributed by atoms with van der Waals surface area (Å²) in [6, 6.07) is 8.01. The normalized spacial score (nSPS) is 10.1. The number of aromatic amines is 1. The first-order chi connectivity index (χ1) is 8.61. The number of methoxy groups -OCH3 is 1. The number of esters is 1. The zero-order valence-electron chi connectivity index (χ0n) is 9.57.